The molecule has 4 amide bonds. The van der Waals surface area contributed by atoms with Crippen LogP contribution >= 0.6 is 0 Å². The van der Waals surface area contributed by atoms with E-state index < -0.39 is 30.0 Å². The number of hydrogen-bond acceptors (Lipinski definition) is 7. The van der Waals surface area contributed by atoms with Crippen LogP contribution in [-0.4, -0.2) is 60.8 Å². The number of carbonyl (C=O) groups is 4. The van der Waals surface area contributed by atoms with Gasteiger partial charge in [0.15, 0.2) is 5.96 Å². The maximum Gasteiger partial charge on any atom is 0.407 e. The average molecular weight is 692 g/mol. The van der Waals surface area contributed by atoms with Crippen LogP contribution in [0.2, 0.25) is 0 Å². The predicted octanol–water partition coefficient (Wildman–Crippen LogP) is 2.31. The van der Waals surface area contributed by atoms with Gasteiger partial charge in [-0.05, 0) is 68.4 Å². The minimum atomic E-state index is -0.980. The molecule has 1 saturated carbocycles. The van der Waals surface area contributed by atoms with Gasteiger partial charge in [0.25, 0.3) is 0 Å². The second-order valence-corrected chi connectivity index (χ2v) is 12.8. The first-order chi connectivity index (χ1) is 24.0. The number of primary amides is 1. The quantitative estimate of drug-likeness (QED) is 0.0579. The van der Waals surface area contributed by atoms with Crippen molar-refractivity contribution in [2.24, 2.45) is 39.8 Å². The summed E-state index contributed by atoms with van der Waals surface area (Å²) in [5, 5.41) is 16.1. The fraction of sp³-hybridized carbons (Fsp3) is 0.500. The molecule has 1 aliphatic carbocycles. The van der Waals surface area contributed by atoms with Crippen LogP contribution in [0.15, 0.2) is 59.6 Å². The summed E-state index contributed by atoms with van der Waals surface area (Å²) in [5.74, 6) is -1.82. The van der Waals surface area contributed by atoms with Gasteiger partial charge in [0.2, 0.25) is 17.7 Å². The molecule has 1 unspecified atom stereocenters. The molecule has 272 valence electrons. The summed E-state index contributed by atoms with van der Waals surface area (Å²) in [6.45, 7) is 0.724. The SMILES string of the molecule is N=C(N)c1ccc(CC(C(=O)N[C@@H](CCCCNC(=O)OCc2ccccc2)C(=O)N[C@@H](CCCN=C(N)N)C(N)=O)C2CCCCC2)cc1. The van der Waals surface area contributed by atoms with Crippen molar-refractivity contribution in [2.45, 2.75) is 89.3 Å². The van der Waals surface area contributed by atoms with Crippen LogP contribution in [0.3, 0.4) is 0 Å². The highest BCUT2D eigenvalue weighted by atomic mass is 16.5. The zero-order valence-electron chi connectivity index (χ0n) is 28.7. The van der Waals surface area contributed by atoms with E-state index in [0.29, 0.717) is 37.8 Å². The van der Waals surface area contributed by atoms with Crippen LogP contribution in [0.4, 0.5) is 4.79 Å². The van der Waals surface area contributed by atoms with Crippen LogP contribution in [-0.2, 0) is 32.1 Å². The summed E-state index contributed by atoms with van der Waals surface area (Å²) in [7, 11) is 0. The Morgan fingerprint density at radius 1 is 0.800 bits per heavy atom. The minimum Gasteiger partial charge on any atom is -0.445 e. The molecule has 2 aromatic rings. The summed E-state index contributed by atoms with van der Waals surface area (Å²) in [5.41, 5.74) is 24.4. The smallest absolute Gasteiger partial charge is 0.407 e. The standard InChI is InChI=1S/C36H53N9O5/c37-31(38)27-18-16-24(17-19-27)22-28(26-12-5-2-6-13-26)33(47)45-30(34(48)44-29(32(39)46)15-9-21-42-35(40)41)14-7-8-20-43-36(49)50-23-25-10-3-1-4-11-25/h1,3-4,10-11,16-19,26,28-30H,2,5-9,12-15,20-23H2,(H3,37,38)(H2,39,46)(H,43,49)(H,44,48)(H,45,47)(H4,40,41,42)/t28?,29-,30-/m0/s1. The van der Waals surface area contributed by atoms with Crippen molar-refractivity contribution in [1.29, 1.82) is 5.41 Å². The summed E-state index contributed by atoms with van der Waals surface area (Å²) in [6.07, 6.45) is 6.81. The fourth-order valence-corrected chi connectivity index (χ4v) is 6.13. The van der Waals surface area contributed by atoms with E-state index in [2.05, 4.69) is 20.9 Å². The molecular formula is C36H53N9O5. The first-order valence-electron chi connectivity index (χ1n) is 17.4. The van der Waals surface area contributed by atoms with E-state index in [-0.39, 0.29) is 55.5 Å². The molecule has 3 rings (SSSR count). The number of unbranched alkanes of at least 4 members (excludes halogenated alkanes) is 1. The van der Waals surface area contributed by atoms with Gasteiger partial charge in [-0.15, -0.1) is 0 Å². The maximum atomic E-state index is 14.0. The van der Waals surface area contributed by atoms with Crippen molar-refractivity contribution in [2.75, 3.05) is 13.1 Å². The Bertz CT molecular complexity index is 1430. The number of hydrogen-bond donors (Lipinski definition) is 8. The second-order valence-electron chi connectivity index (χ2n) is 12.8. The Balaban J connectivity index is 1.68. The lowest BCUT2D eigenvalue weighted by Gasteiger charge is -2.31. The Hall–Kier alpha value is -5.14. The number of amidine groups is 1. The summed E-state index contributed by atoms with van der Waals surface area (Å²) >= 11 is 0. The molecule has 1 aliphatic rings. The first kappa shape index (κ1) is 39.3. The van der Waals surface area contributed by atoms with Crippen LogP contribution in [0.1, 0.15) is 80.9 Å². The number of guanidine groups is 1. The number of nitrogens with one attached hydrogen (secondary N) is 4. The molecule has 3 atom stereocenters. The largest absolute Gasteiger partial charge is 0.445 e. The second kappa shape index (κ2) is 21.1. The Kier molecular flexibility index (Phi) is 16.5. The van der Waals surface area contributed by atoms with Crippen molar-refractivity contribution in [3.63, 3.8) is 0 Å². The van der Waals surface area contributed by atoms with Gasteiger partial charge in [0.05, 0.1) is 0 Å². The number of aliphatic imine (C=N–C) groups is 1. The molecule has 0 saturated heterocycles. The van der Waals surface area contributed by atoms with Gasteiger partial charge < -0.3 is 43.6 Å². The molecule has 2 aromatic carbocycles. The van der Waals surface area contributed by atoms with Crippen LogP contribution < -0.4 is 38.9 Å². The number of ether oxygens (including phenoxy) is 1. The van der Waals surface area contributed by atoms with E-state index in [1.54, 1.807) is 12.1 Å². The first-order valence-corrected chi connectivity index (χ1v) is 17.4. The van der Waals surface area contributed by atoms with Crippen LogP contribution in [0, 0.1) is 17.2 Å². The van der Waals surface area contributed by atoms with E-state index in [9.17, 15) is 19.2 Å². The van der Waals surface area contributed by atoms with E-state index in [1.165, 1.54) is 0 Å². The summed E-state index contributed by atoms with van der Waals surface area (Å²) in [4.78, 5) is 56.1. The van der Waals surface area contributed by atoms with E-state index >= 15 is 0 Å². The van der Waals surface area contributed by atoms with Crippen molar-refractivity contribution < 1.29 is 23.9 Å². The van der Waals surface area contributed by atoms with Gasteiger partial charge in [0, 0.05) is 24.6 Å². The number of amides is 4. The molecule has 0 bridgehead atoms. The number of nitrogen functional groups attached to an aromatic ring is 1. The molecule has 50 heavy (non-hydrogen) atoms. The third kappa shape index (κ3) is 14.1. The lowest BCUT2D eigenvalue weighted by molar-refractivity contribution is -0.134. The number of rotatable bonds is 20. The minimum absolute atomic E-state index is 0.0308. The van der Waals surface area contributed by atoms with Gasteiger partial charge in [-0.3, -0.25) is 24.8 Å². The normalized spacial score (nSPS) is 14.7. The zero-order chi connectivity index (χ0) is 36.3. The van der Waals surface area contributed by atoms with Crippen LogP contribution in [0.25, 0.3) is 0 Å². The van der Waals surface area contributed by atoms with Crippen LogP contribution in [0.5, 0.6) is 0 Å². The zero-order valence-corrected chi connectivity index (χ0v) is 28.7. The maximum absolute atomic E-state index is 14.0. The molecule has 0 heterocycles. The van der Waals surface area contributed by atoms with Gasteiger partial charge in [-0.25, -0.2) is 4.79 Å². The van der Waals surface area contributed by atoms with E-state index in [0.717, 1.165) is 43.2 Å². The molecule has 0 aromatic heterocycles. The monoisotopic (exact) mass is 691 g/mol. The average Bonchev–Trinajstić information content (AvgIpc) is 3.10. The summed E-state index contributed by atoms with van der Waals surface area (Å²) in [6, 6.07) is 14.7. The fourth-order valence-electron chi connectivity index (χ4n) is 6.13. The Labute approximate surface area is 294 Å². The van der Waals surface area contributed by atoms with Crippen molar-refractivity contribution in [1.82, 2.24) is 16.0 Å². The lowest BCUT2D eigenvalue weighted by Crippen LogP contribution is -2.54. The molecule has 0 radical (unpaired) electrons. The highest BCUT2D eigenvalue weighted by molar-refractivity contribution is 5.95. The summed E-state index contributed by atoms with van der Waals surface area (Å²) < 4.78 is 5.26. The molecule has 14 nitrogen and oxygen atoms in total. The molecular weight excluding hydrogens is 638 g/mol. The predicted molar refractivity (Wildman–Crippen MR) is 193 cm³/mol. The van der Waals surface area contributed by atoms with Crippen molar-refractivity contribution >= 4 is 35.6 Å². The highest BCUT2D eigenvalue weighted by Crippen LogP contribution is 2.32. The van der Waals surface area contributed by atoms with Gasteiger partial charge in [-0.1, -0.05) is 73.9 Å². The number of nitrogens with zero attached hydrogens (tertiary/aromatic N) is 1. The number of nitrogens with two attached hydrogens (primary N) is 4. The third-order valence-electron chi connectivity index (χ3n) is 8.92. The molecule has 14 heteroatoms. The van der Waals surface area contributed by atoms with E-state index in [1.807, 2.05) is 42.5 Å². The number of benzene rings is 2. The molecule has 0 aliphatic heterocycles. The molecule has 1 fully saturated rings. The number of alkyl carbamates (subject to hydrolysis) is 1. The van der Waals surface area contributed by atoms with Gasteiger partial charge >= 0.3 is 6.09 Å². The number of carbonyl (C=O) groups excluding carboxylic acids is 4. The Morgan fingerprint density at radius 3 is 2.10 bits per heavy atom. The van der Waals surface area contributed by atoms with Crippen molar-refractivity contribution in [3.05, 3.63) is 71.3 Å². The molecule has 0 spiro atoms. The van der Waals surface area contributed by atoms with Gasteiger partial charge in [-0.2, -0.15) is 0 Å². The Morgan fingerprint density at radius 2 is 1.46 bits per heavy atom. The lowest BCUT2D eigenvalue weighted by atomic mass is 9.76. The van der Waals surface area contributed by atoms with Crippen molar-refractivity contribution in [3.8, 4) is 0 Å². The molecule has 12 N–H and O–H groups in total. The third-order valence-corrected chi connectivity index (χ3v) is 8.92. The van der Waals surface area contributed by atoms with E-state index in [4.69, 9.17) is 33.1 Å². The topological polar surface area (TPSA) is 254 Å². The van der Waals surface area contributed by atoms with Gasteiger partial charge in [0.1, 0.15) is 24.5 Å². The highest BCUT2D eigenvalue weighted by Gasteiger charge is 2.33.